The Kier molecular flexibility index (Phi) is 4.38. The van der Waals surface area contributed by atoms with Gasteiger partial charge in [0.15, 0.2) is 0 Å². The number of anilines is 1. The van der Waals surface area contributed by atoms with Gasteiger partial charge >= 0.3 is 0 Å². The Bertz CT molecular complexity index is 602. The lowest BCUT2D eigenvalue weighted by molar-refractivity contribution is 0.120. The van der Waals surface area contributed by atoms with Gasteiger partial charge in [-0.15, -0.1) is 0 Å². The standard InChI is InChI=1S/C20H31N5/c1-2-18(3-1)24-10-12-25(13-11-24)20-21-14-17-6-8-23(15-16-4-5-16)9-7-19(17)22-20/h14,16,18H,1-13,15H2. The molecular weight excluding hydrogens is 310 g/mol. The van der Waals surface area contributed by atoms with E-state index >= 15 is 0 Å². The van der Waals surface area contributed by atoms with Crippen LogP contribution in [-0.4, -0.2) is 71.6 Å². The highest BCUT2D eigenvalue weighted by atomic mass is 15.3. The summed E-state index contributed by atoms with van der Waals surface area (Å²) in [6, 6.07) is 0.868. The average Bonchev–Trinajstić information content (AvgIpc) is 3.42. The van der Waals surface area contributed by atoms with Gasteiger partial charge in [0.05, 0.1) is 5.69 Å². The van der Waals surface area contributed by atoms with Crippen molar-refractivity contribution >= 4 is 5.95 Å². The Hall–Kier alpha value is -1.20. The van der Waals surface area contributed by atoms with Crippen LogP contribution in [0.4, 0.5) is 5.95 Å². The summed E-state index contributed by atoms with van der Waals surface area (Å²) < 4.78 is 0. The lowest BCUT2D eigenvalue weighted by Gasteiger charge is -2.43. The maximum Gasteiger partial charge on any atom is 0.225 e. The minimum absolute atomic E-state index is 0.868. The molecule has 0 aromatic carbocycles. The van der Waals surface area contributed by atoms with Gasteiger partial charge < -0.3 is 9.80 Å². The third-order valence-electron chi connectivity index (χ3n) is 6.71. The summed E-state index contributed by atoms with van der Waals surface area (Å²) in [7, 11) is 0. The maximum atomic E-state index is 5.00. The van der Waals surface area contributed by atoms with Crippen molar-refractivity contribution in [1.82, 2.24) is 19.8 Å². The first-order valence-electron chi connectivity index (χ1n) is 10.4. The summed E-state index contributed by atoms with van der Waals surface area (Å²) >= 11 is 0. The Morgan fingerprint density at radius 1 is 0.920 bits per heavy atom. The van der Waals surface area contributed by atoms with Gasteiger partial charge in [0.25, 0.3) is 0 Å². The lowest BCUT2D eigenvalue weighted by atomic mass is 9.91. The van der Waals surface area contributed by atoms with Crippen molar-refractivity contribution < 1.29 is 0 Å². The molecule has 1 saturated heterocycles. The first-order chi connectivity index (χ1) is 12.3. The van der Waals surface area contributed by atoms with Crippen molar-refractivity contribution in [2.45, 2.75) is 51.0 Å². The molecule has 0 bridgehead atoms. The van der Waals surface area contributed by atoms with E-state index in [4.69, 9.17) is 9.97 Å². The number of nitrogens with zero attached hydrogens (tertiary/aromatic N) is 5. The molecule has 25 heavy (non-hydrogen) atoms. The first kappa shape index (κ1) is 16.0. The van der Waals surface area contributed by atoms with Crippen LogP contribution in [-0.2, 0) is 12.8 Å². The first-order valence-corrected chi connectivity index (χ1v) is 10.4. The molecular formula is C20H31N5. The van der Waals surface area contributed by atoms with Crippen LogP contribution in [0.1, 0.15) is 43.4 Å². The largest absolute Gasteiger partial charge is 0.338 e. The van der Waals surface area contributed by atoms with Gasteiger partial charge in [0.1, 0.15) is 0 Å². The van der Waals surface area contributed by atoms with Crippen molar-refractivity contribution in [2.24, 2.45) is 5.92 Å². The summed E-state index contributed by atoms with van der Waals surface area (Å²) in [5.74, 6) is 1.96. The van der Waals surface area contributed by atoms with E-state index in [-0.39, 0.29) is 0 Å². The molecule has 5 heteroatoms. The van der Waals surface area contributed by atoms with E-state index < -0.39 is 0 Å². The highest BCUT2D eigenvalue weighted by molar-refractivity contribution is 5.35. The zero-order valence-corrected chi connectivity index (χ0v) is 15.4. The molecule has 1 aromatic heterocycles. The van der Waals surface area contributed by atoms with Gasteiger partial charge in [-0.2, -0.15) is 0 Å². The van der Waals surface area contributed by atoms with E-state index in [0.29, 0.717) is 0 Å². The highest BCUT2D eigenvalue weighted by Gasteiger charge is 2.29. The van der Waals surface area contributed by atoms with Gasteiger partial charge in [-0.25, -0.2) is 9.97 Å². The molecule has 0 atom stereocenters. The van der Waals surface area contributed by atoms with Gasteiger partial charge in [-0.1, -0.05) is 6.42 Å². The van der Waals surface area contributed by atoms with E-state index in [1.54, 1.807) is 0 Å². The summed E-state index contributed by atoms with van der Waals surface area (Å²) in [4.78, 5) is 17.5. The number of piperazine rings is 1. The molecule has 2 saturated carbocycles. The quantitative estimate of drug-likeness (QED) is 0.837. The molecule has 0 unspecified atom stereocenters. The Morgan fingerprint density at radius 3 is 2.44 bits per heavy atom. The van der Waals surface area contributed by atoms with Gasteiger partial charge in [-0.3, -0.25) is 4.90 Å². The predicted octanol–water partition coefficient (Wildman–Crippen LogP) is 1.96. The maximum absolute atomic E-state index is 5.00. The second-order valence-electron chi connectivity index (χ2n) is 8.49. The number of aromatic nitrogens is 2. The fourth-order valence-corrected chi connectivity index (χ4v) is 4.55. The lowest BCUT2D eigenvalue weighted by Crippen LogP contribution is -2.52. The van der Waals surface area contributed by atoms with Crippen LogP contribution in [0.3, 0.4) is 0 Å². The molecule has 0 N–H and O–H groups in total. The second-order valence-corrected chi connectivity index (χ2v) is 8.49. The van der Waals surface area contributed by atoms with Gasteiger partial charge in [0, 0.05) is 64.5 Å². The van der Waals surface area contributed by atoms with Crippen LogP contribution in [0.25, 0.3) is 0 Å². The molecule has 2 aliphatic carbocycles. The molecule has 136 valence electrons. The summed E-state index contributed by atoms with van der Waals surface area (Å²) in [6.07, 6.45) is 11.5. The third kappa shape index (κ3) is 3.54. The molecule has 0 spiro atoms. The Labute approximate surface area is 151 Å². The smallest absolute Gasteiger partial charge is 0.225 e. The van der Waals surface area contributed by atoms with Crippen LogP contribution in [0.5, 0.6) is 0 Å². The summed E-state index contributed by atoms with van der Waals surface area (Å²) in [5.41, 5.74) is 2.69. The Morgan fingerprint density at radius 2 is 1.72 bits per heavy atom. The average molecular weight is 342 g/mol. The van der Waals surface area contributed by atoms with Crippen LogP contribution in [0.2, 0.25) is 0 Å². The molecule has 4 aliphatic rings. The molecule has 1 aromatic rings. The fourth-order valence-electron chi connectivity index (χ4n) is 4.55. The number of hydrogen-bond acceptors (Lipinski definition) is 5. The van der Waals surface area contributed by atoms with Crippen LogP contribution in [0, 0.1) is 5.92 Å². The molecule has 3 fully saturated rings. The van der Waals surface area contributed by atoms with Crippen molar-refractivity contribution in [2.75, 3.05) is 50.7 Å². The van der Waals surface area contributed by atoms with Gasteiger partial charge in [0.2, 0.25) is 5.95 Å². The zero-order chi connectivity index (χ0) is 16.6. The number of hydrogen-bond donors (Lipinski definition) is 0. The summed E-state index contributed by atoms with van der Waals surface area (Å²) in [6.45, 7) is 8.20. The number of rotatable bonds is 4. The fraction of sp³-hybridized carbons (Fsp3) is 0.800. The van der Waals surface area contributed by atoms with E-state index in [9.17, 15) is 0 Å². The van der Waals surface area contributed by atoms with Crippen LogP contribution >= 0.6 is 0 Å². The highest BCUT2D eigenvalue weighted by Crippen LogP contribution is 2.30. The summed E-state index contributed by atoms with van der Waals surface area (Å²) in [5, 5.41) is 0. The molecule has 5 rings (SSSR count). The molecule has 5 nitrogen and oxygen atoms in total. The molecule has 2 aliphatic heterocycles. The predicted molar refractivity (Wildman–Crippen MR) is 100 cm³/mol. The minimum Gasteiger partial charge on any atom is -0.338 e. The third-order valence-corrected chi connectivity index (χ3v) is 6.71. The number of fused-ring (bicyclic) bond motifs is 1. The van der Waals surface area contributed by atoms with E-state index in [1.807, 2.05) is 0 Å². The van der Waals surface area contributed by atoms with Crippen molar-refractivity contribution in [3.8, 4) is 0 Å². The second kappa shape index (κ2) is 6.84. The molecule has 0 radical (unpaired) electrons. The topological polar surface area (TPSA) is 35.5 Å². The van der Waals surface area contributed by atoms with E-state index in [2.05, 4.69) is 20.9 Å². The van der Waals surface area contributed by atoms with Crippen molar-refractivity contribution in [3.63, 3.8) is 0 Å². The SMILES string of the molecule is c1nc(N2CCN(C3CCC3)CC2)nc2c1CCN(CC1CC1)CC2. The van der Waals surface area contributed by atoms with Crippen LogP contribution < -0.4 is 4.90 Å². The van der Waals surface area contributed by atoms with E-state index in [1.165, 1.54) is 76.1 Å². The normalized spacial score (nSPS) is 26.2. The van der Waals surface area contributed by atoms with E-state index in [0.717, 1.165) is 43.8 Å². The Balaban J connectivity index is 1.22. The van der Waals surface area contributed by atoms with Crippen molar-refractivity contribution in [3.05, 3.63) is 17.5 Å². The minimum atomic E-state index is 0.868. The van der Waals surface area contributed by atoms with Crippen molar-refractivity contribution in [1.29, 1.82) is 0 Å². The zero-order valence-electron chi connectivity index (χ0n) is 15.4. The van der Waals surface area contributed by atoms with Gasteiger partial charge in [-0.05, 0) is 43.6 Å². The van der Waals surface area contributed by atoms with Crippen LogP contribution in [0.15, 0.2) is 6.20 Å². The monoisotopic (exact) mass is 341 g/mol. The molecule has 0 amide bonds. The molecule has 3 heterocycles.